The summed E-state index contributed by atoms with van der Waals surface area (Å²) in [5.74, 6) is 1.79. The number of nitrogens with one attached hydrogen (secondary N) is 2. The van der Waals surface area contributed by atoms with Crippen molar-refractivity contribution in [3.63, 3.8) is 0 Å². The monoisotopic (exact) mass is 318 g/mol. The lowest BCUT2D eigenvalue weighted by atomic mass is 10.1. The van der Waals surface area contributed by atoms with Crippen molar-refractivity contribution < 1.29 is 4.74 Å². The molecule has 5 nitrogen and oxygen atoms in total. The van der Waals surface area contributed by atoms with Gasteiger partial charge in [0.15, 0.2) is 5.96 Å². The van der Waals surface area contributed by atoms with Crippen molar-refractivity contribution >= 4 is 5.96 Å². The van der Waals surface area contributed by atoms with Gasteiger partial charge in [0, 0.05) is 26.7 Å². The first kappa shape index (κ1) is 17.6. The van der Waals surface area contributed by atoms with E-state index in [2.05, 4.69) is 39.6 Å². The van der Waals surface area contributed by atoms with Gasteiger partial charge in [0.25, 0.3) is 0 Å². The molecule has 0 bridgehead atoms. The molecule has 1 aliphatic heterocycles. The molecular formula is C18H30N4O. The molecule has 0 atom stereocenters. The van der Waals surface area contributed by atoms with E-state index >= 15 is 0 Å². The summed E-state index contributed by atoms with van der Waals surface area (Å²) in [4.78, 5) is 6.82. The number of piperidine rings is 1. The average molecular weight is 318 g/mol. The number of guanidine groups is 1. The van der Waals surface area contributed by atoms with Crippen LogP contribution in [0.5, 0.6) is 5.75 Å². The average Bonchev–Trinajstić information content (AvgIpc) is 2.59. The number of ether oxygens (including phenoxy) is 1. The van der Waals surface area contributed by atoms with Crippen LogP contribution in [-0.2, 0) is 6.54 Å². The molecule has 0 saturated carbocycles. The first-order valence-corrected chi connectivity index (χ1v) is 8.53. The van der Waals surface area contributed by atoms with Crippen LogP contribution in [0.4, 0.5) is 0 Å². The Morgan fingerprint density at radius 3 is 2.65 bits per heavy atom. The summed E-state index contributed by atoms with van der Waals surface area (Å²) in [6, 6.07) is 6.24. The number of hydrogen-bond acceptors (Lipinski definition) is 3. The maximum absolute atomic E-state index is 5.30. The summed E-state index contributed by atoms with van der Waals surface area (Å²) in [6.07, 6.45) is 4.06. The second kappa shape index (κ2) is 9.40. The lowest BCUT2D eigenvalue weighted by Gasteiger charge is -2.26. The Kier molecular flexibility index (Phi) is 7.20. The standard InChI is InChI=1S/C18H30N4O/c1-15-13-16(7-8-17(15)23-3)14-21-18(19-2)20-9-12-22-10-5-4-6-11-22/h7-8,13H,4-6,9-12,14H2,1-3H3,(H2,19,20,21). The molecule has 1 aromatic carbocycles. The molecule has 0 spiro atoms. The third kappa shape index (κ3) is 5.75. The van der Waals surface area contributed by atoms with Crippen LogP contribution < -0.4 is 15.4 Å². The zero-order valence-electron chi connectivity index (χ0n) is 14.7. The number of likely N-dealkylation sites (tertiary alicyclic amines) is 1. The Morgan fingerprint density at radius 2 is 2.00 bits per heavy atom. The molecule has 0 aromatic heterocycles. The van der Waals surface area contributed by atoms with Crippen LogP contribution in [0.25, 0.3) is 0 Å². The molecule has 0 aliphatic carbocycles. The highest BCUT2D eigenvalue weighted by molar-refractivity contribution is 5.79. The summed E-state index contributed by atoms with van der Waals surface area (Å²) in [5, 5.41) is 6.76. The van der Waals surface area contributed by atoms with Crippen molar-refractivity contribution in [1.82, 2.24) is 15.5 Å². The van der Waals surface area contributed by atoms with Gasteiger partial charge in [-0.25, -0.2) is 0 Å². The number of methoxy groups -OCH3 is 1. The summed E-state index contributed by atoms with van der Waals surface area (Å²) < 4.78 is 5.30. The maximum Gasteiger partial charge on any atom is 0.191 e. The van der Waals surface area contributed by atoms with Gasteiger partial charge >= 0.3 is 0 Å². The maximum atomic E-state index is 5.30. The van der Waals surface area contributed by atoms with Crippen molar-refractivity contribution in [2.75, 3.05) is 40.3 Å². The van der Waals surface area contributed by atoms with Gasteiger partial charge in [0.05, 0.1) is 7.11 Å². The lowest BCUT2D eigenvalue weighted by Crippen LogP contribution is -2.42. The van der Waals surface area contributed by atoms with E-state index in [9.17, 15) is 0 Å². The largest absolute Gasteiger partial charge is 0.496 e. The summed E-state index contributed by atoms with van der Waals surface area (Å²) in [6.45, 7) is 7.31. The number of hydrogen-bond donors (Lipinski definition) is 2. The first-order valence-electron chi connectivity index (χ1n) is 8.53. The molecule has 0 radical (unpaired) electrons. The second-order valence-electron chi connectivity index (χ2n) is 6.06. The third-order valence-corrected chi connectivity index (χ3v) is 4.31. The molecule has 1 aromatic rings. The smallest absolute Gasteiger partial charge is 0.191 e. The normalized spacial score (nSPS) is 16.2. The van der Waals surface area contributed by atoms with Crippen LogP contribution in [-0.4, -0.2) is 51.2 Å². The topological polar surface area (TPSA) is 48.9 Å². The van der Waals surface area contributed by atoms with E-state index in [1.807, 2.05) is 13.1 Å². The summed E-state index contributed by atoms with van der Waals surface area (Å²) in [7, 11) is 3.52. The molecule has 23 heavy (non-hydrogen) atoms. The Balaban J connectivity index is 1.73. The van der Waals surface area contributed by atoms with Crippen molar-refractivity contribution in [3.8, 4) is 5.75 Å². The highest BCUT2D eigenvalue weighted by Crippen LogP contribution is 2.18. The first-order chi connectivity index (χ1) is 11.2. The van der Waals surface area contributed by atoms with Crippen LogP contribution in [0.2, 0.25) is 0 Å². The van der Waals surface area contributed by atoms with Gasteiger partial charge in [0.2, 0.25) is 0 Å². The Bertz CT molecular complexity index is 510. The fraction of sp³-hybridized carbons (Fsp3) is 0.611. The molecule has 1 heterocycles. The zero-order valence-corrected chi connectivity index (χ0v) is 14.7. The number of aliphatic imine (C=N–C) groups is 1. The summed E-state index contributed by atoms with van der Waals surface area (Å²) in [5.41, 5.74) is 2.38. The molecule has 128 valence electrons. The minimum atomic E-state index is 0.758. The minimum absolute atomic E-state index is 0.758. The highest BCUT2D eigenvalue weighted by atomic mass is 16.5. The SMILES string of the molecule is CN=C(NCCN1CCCCC1)NCc1ccc(OC)c(C)c1. The Morgan fingerprint density at radius 1 is 1.22 bits per heavy atom. The fourth-order valence-electron chi connectivity index (χ4n) is 2.97. The second-order valence-corrected chi connectivity index (χ2v) is 6.06. The predicted molar refractivity (Wildman–Crippen MR) is 96.2 cm³/mol. The lowest BCUT2D eigenvalue weighted by molar-refractivity contribution is 0.232. The molecule has 1 aliphatic rings. The van der Waals surface area contributed by atoms with Gasteiger partial charge in [-0.2, -0.15) is 0 Å². The number of nitrogens with zero attached hydrogens (tertiary/aromatic N) is 2. The van der Waals surface area contributed by atoms with Crippen molar-refractivity contribution in [2.45, 2.75) is 32.7 Å². The number of rotatable bonds is 6. The van der Waals surface area contributed by atoms with E-state index in [4.69, 9.17) is 4.74 Å². The third-order valence-electron chi connectivity index (χ3n) is 4.31. The molecule has 0 amide bonds. The van der Waals surface area contributed by atoms with E-state index in [0.29, 0.717) is 0 Å². The minimum Gasteiger partial charge on any atom is -0.496 e. The quantitative estimate of drug-likeness (QED) is 0.623. The Labute approximate surface area is 140 Å². The summed E-state index contributed by atoms with van der Waals surface area (Å²) >= 11 is 0. The van der Waals surface area contributed by atoms with E-state index in [1.54, 1.807) is 7.11 Å². The predicted octanol–water partition coefficient (Wildman–Crippen LogP) is 2.15. The van der Waals surface area contributed by atoms with Gasteiger partial charge in [0.1, 0.15) is 5.75 Å². The van der Waals surface area contributed by atoms with Gasteiger partial charge < -0.3 is 20.3 Å². The van der Waals surface area contributed by atoms with Gasteiger partial charge in [-0.15, -0.1) is 0 Å². The van der Waals surface area contributed by atoms with Crippen LogP contribution in [0, 0.1) is 6.92 Å². The van der Waals surface area contributed by atoms with Gasteiger partial charge in [-0.05, 0) is 50.0 Å². The molecular weight excluding hydrogens is 288 g/mol. The fourth-order valence-corrected chi connectivity index (χ4v) is 2.97. The van der Waals surface area contributed by atoms with Crippen LogP contribution in [0.15, 0.2) is 23.2 Å². The molecule has 1 fully saturated rings. The van der Waals surface area contributed by atoms with Crippen molar-refractivity contribution in [3.05, 3.63) is 29.3 Å². The van der Waals surface area contributed by atoms with E-state index < -0.39 is 0 Å². The van der Waals surface area contributed by atoms with Crippen molar-refractivity contribution in [1.29, 1.82) is 0 Å². The van der Waals surface area contributed by atoms with E-state index in [0.717, 1.165) is 36.9 Å². The number of benzene rings is 1. The molecule has 2 rings (SSSR count). The van der Waals surface area contributed by atoms with Crippen LogP contribution in [0.1, 0.15) is 30.4 Å². The van der Waals surface area contributed by atoms with Crippen LogP contribution >= 0.6 is 0 Å². The van der Waals surface area contributed by atoms with E-state index in [-0.39, 0.29) is 0 Å². The molecule has 1 saturated heterocycles. The highest BCUT2D eigenvalue weighted by Gasteiger charge is 2.09. The van der Waals surface area contributed by atoms with Gasteiger partial charge in [-0.1, -0.05) is 18.6 Å². The Hall–Kier alpha value is -1.75. The van der Waals surface area contributed by atoms with Gasteiger partial charge in [-0.3, -0.25) is 4.99 Å². The van der Waals surface area contributed by atoms with Crippen molar-refractivity contribution in [2.24, 2.45) is 4.99 Å². The molecule has 2 N–H and O–H groups in total. The van der Waals surface area contributed by atoms with Crippen LogP contribution in [0.3, 0.4) is 0 Å². The molecule has 0 unspecified atom stereocenters. The van der Waals surface area contributed by atoms with E-state index in [1.165, 1.54) is 37.9 Å². The molecule has 5 heteroatoms. The number of aryl methyl sites for hydroxylation is 1. The zero-order chi connectivity index (χ0) is 16.5.